The molecule has 3 unspecified atom stereocenters. The van der Waals surface area contributed by atoms with E-state index in [1.807, 2.05) is 17.5 Å². The molecule has 3 atom stereocenters. The number of thiophene rings is 1. The number of rotatable bonds is 9. The van der Waals surface area contributed by atoms with E-state index in [4.69, 9.17) is 9.84 Å². The van der Waals surface area contributed by atoms with Crippen molar-refractivity contribution >= 4 is 46.0 Å². The number of hydrogen-bond donors (Lipinski definition) is 3. The zero-order chi connectivity index (χ0) is 21.7. The smallest absolute Gasteiger partial charge is 0.407 e. The molecule has 3 heterocycles. The van der Waals surface area contributed by atoms with Crippen LogP contribution in [-0.2, 0) is 36.3 Å². The Kier molecular flexibility index (Phi) is 7.21. The fourth-order valence-electron chi connectivity index (χ4n) is 3.05. The van der Waals surface area contributed by atoms with Crippen molar-refractivity contribution < 1.29 is 33.2 Å². The lowest BCUT2D eigenvalue weighted by atomic mass is 10.1. The molecule has 12 heteroatoms. The van der Waals surface area contributed by atoms with Gasteiger partial charge in [-0.15, -0.1) is 11.3 Å². The summed E-state index contributed by atoms with van der Waals surface area (Å²) in [5, 5.41) is 14.8. The van der Waals surface area contributed by atoms with Gasteiger partial charge >= 0.3 is 12.1 Å². The molecule has 1 aromatic rings. The highest BCUT2D eigenvalue weighted by molar-refractivity contribution is 7.86. The van der Waals surface area contributed by atoms with E-state index in [1.54, 1.807) is 0 Å². The highest BCUT2D eigenvalue weighted by Crippen LogP contribution is 2.29. The average Bonchev–Trinajstić information content (AvgIpc) is 3.20. The molecule has 3 rings (SSSR count). The number of nitrogens with one attached hydrogen (secondary N) is 2. The molecule has 0 radical (unpaired) electrons. The minimum atomic E-state index is -1.44. The van der Waals surface area contributed by atoms with Crippen molar-refractivity contribution in [1.29, 1.82) is 0 Å². The molecular weight excluding hydrogens is 434 g/mol. The maximum Gasteiger partial charge on any atom is 0.407 e. The fourth-order valence-corrected chi connectivity index (χ4v) is 5.35. The predicted octanol–water partition coefficient (Wildman–Crippen LogP) is 0.181. The molecule has 0 saturated carbocycles. The minimum Gasteiger partial charge on any atom is -0.481 e. The summed E-state index contributed by atoms with van der Waals surface area (Å²) < 4.78 is 17.6. The number of nitrogens with zero attached hydrogens (tertiary/aromatic N) is 1. The number of carboxylic acids is 1. The first-order valence-electron chi connectivity index (χ1n) is 9.18. The number of ether oxygens (including phenoxy) is 1. The highest BCUT2D eigenvalue weighted by Gasteiger charge is 2.52. The van der Waals surface area contributed by atoms with Gasteiger partial charge in [0.15, 0.2) is 0 Å². The first-order chi connectivity index (χ1) is 14.3. The van der Waals surface area contributed by atoms with Crippen molar-refractivity contribution in [2.45, 2.75) is 30.7 Å². The van der Waals surface area contributed by atoms with Gasteiger partial charge in [0.1, 0.15) is 18.0 Å². The second-order valence-corrected chi connectivity index (χ2v) is 9.32. The molecule has 0 spiro atoms. The lowest BCUT2D eigenvalue weighted by Crippen LogP contribution is -2.71. The second-order valence-electron chi connectivity index (χ2n) is 6.75. The van der Waals surface area contributed by atoms with Crippen molar-refractivity contribution in [2.75, 3.05) is 18.9 Å². The number of aliphatic carboxylic acids is 1. The van der Waals surface area contributed by atoms with E-state index in [0.717, 1.165) is 4.88 Å². The van der Waals surface area contributed by atoms with Gasteiger partial charge in [0.25, 0.3) is 5.91 Å². The van der Waals surface area contributed by atoms with Crippen LogP contribution in [0, 0.1) is 0 Å². The Morgan fingerprint density at radius 1 is 1.37 bits per heavy atom. The number of carboxylic acid groups (broad SMARTS) is 1. The third-order valence-corrected chi connectivity index (χ3v) is 7.02. The molecule has 1 saturated heterocycles. The average molecular weight is 456 g/mol. The topological polar surface area (TPSA) is 142 Å². The molecule has 2 aliphatic rings. The molecule has 2 aliphatic heterocycles. The van der Waals surface area contributed by atoms with Crippen molar-refractivity contribution in [3.63, 3.8) is 0 Å². The molecule has 1 fully saturated rings. The van der Waals surface area contributed by atoms with E-state index in [1.165, 1.54) is 22.4 Å². The lowest BCUT2D eigenvalue weighted by molar-refractivity contribution is -0.145. The van der Waals surface area contributed by atoms with Crippen LogP contribution in [0.1, 0.15) is 17.7 Å². The number of hydrogen-bond acceptors (Lipinski definition) is 7. The summed E-state index contributed by atoms with van der Waals surface area (Å²) in [6.45, 7) is 0.0258. The maximum absolute atomic E-state index is 12.6. The lowest BCUT2D eigenvalue weighted by Gasteiger charge is -2.46. The number of carbonyl (C=O) groups excluding carboxylic acids is 3. The standard InChI is InChI=1S/C18H21N3O7S2/c22-13(7-12-3-2-6-29-12)20-15-16(25)21-8-11(10-30(27)17(15)21)9-28-18(26)19-5-1-4-14(23)24/h2-3,6,8,15,17H,1,4-5,7,9-10H2,(H,19,26)(H,20,22)(H,23,24). The molecule has 10 nitrogen and oxygen atoms in total. The summed E-state index contributed by atoms with van der Waals surface area (Å²) in [5.74, 6) is -1.49. The normalized spacial score (nSPS) is 22.4. The van der Waals surface area contributed by atoms with E-state index in [9.17, 15) is 23.4 Å². The van der Waals surface area contributed by atoms with E-state index >= 15 is 0 Å². The quantitative estimate of drug-likeness (QED) is 0.356. The van der Waals surface area contributed by atoms with Gasteiger partial charge in [0, 0.05) is 24.0 Å². The van der Waals surface area contributed by atoms with E-state index in [0.29, 0.717) is 5.57 Å². The van der Waals surface area contributed by atoms with Gasteiger partial charge < -0.3 is 20.5 Å². The third kappa shape index (κ3) is 5.45. The van der Waals surface area contributed by atoms with Gasteiger partial charge in [-0.05, 0) is 23.4 Å². The van der Waals surface area contributed by atoms with Crippen LogP contribution in [0.3, 0.4) is 0 Å². The largest absolute Gasteiger partial charge is 0.481 e. The summed E-state index contributed by atoms with van der Waals surface area (Å²) in [6, 6.07) is 2.84. The number of β-lactam (4-membered cyclic amide) rings is 1. The zero-order valence-electron chi connectivity index (χ0n) is 15.9. The molecule has 1 aromatic heterocycles. The summed E-state index contributed by atoms with van der Waals surface area (Å²) in [5.41, 5.74) is 0.516. The van der Waals surface area contributed by atoms with Crippen LogP contribution >= 0.6 is 11.3 Å². The number of fused-ring (bicyclic) bond motifs is 1. The summed E-state index contributed by atoms with van der Waals surface area (Å²) in [7, 11) is -1.44. The number of carbonyl (C=O) groups is 4. The van der Waals surface area contributed by atoms with Crippen LogP contribution in [-0.4, -0.2) is 68.4 Å². The molecule has 0 aromatic carbocycles. The van der Waals surface area contributed by atoms with Crippen molar-refractivity contribution in [2.24, 2.45) is 0 Å². The van der Waals surface area contributed by atoms with Gasteiger partial charge in [-0.2, -0.15) is 0 Å². The molecular formula is C18H21N3O7S2. The Morgan fingerprint density at radius 2 is 2.17 bits per heavy atom. The Bertz CT molecular complexity index is 884. The first-order valence-corrected chi connectivity index (χ1v) is 11.4. The van der Waals surface area contributed by atoms with Gasteiger partial charge in [-0.3, -0.25) is 23.5 Å². The predicted molar refractivity (Wildman–Crippen MR) is 108 cm³/mol. The molecule has 30 heavy (non-hydrogen) atoms. The highest BCUT2D eigenvalue weighted by atomic mass is 32.2. The van der Waals surface area contributed by atoms with E-state index in [-0.39, 0.29) is 50.0 Å². The summed E-state index contributed by atoms with van der Waals surface area (Å²) >= 11 is 1.45. The van der Waals surface area contributed by atoms with Crippen LogP contribution in [0.15, 0.2) is 29.3 Å². The van der Waals surface area contributed by atoms with E-state index in [2.05, 4.69) is 10.6 Å². The first kappa shape index (κ1) is 22.0. The fraction of sp³-hybridized carbons (Fsp3) is 0.444. The van der Waals surface area contributed by atoms with Gasteiger partial charge in [-0.1, -0.05) is 6.07 Å². The van der Waals surface area contributed by atoms with Crippen LogP contribution in [0.2, 0.25) is 0 Å². The van der Waals surface area contributed by atoms with E-state index < -0.39 is 34.3 Å². The second kappa shape index (κ2) is 9.85. The Hall–Kier alpha value is -2.73. The van der Waals surface area contributed by atoms with Gasteiger partial charge in [0.2, 0.25) is 5.91 Å². The molecule has 3 amide bonds. The Balaban J connectivity index is 1.46. The molecule has 3 N–H and O–H groups in total. The molecule has 162 valence electrons. The minimum absolute atomic E-state index is 0.0616. The SMILES string of the molecule is O=C(O)CCCNC(=O)OCC1=CN2C(=O)C(NC(=O)Cc3cccs3)C2S(=O)C1. The molecule has 0 aliphatic carbocycles. The monoisotopic (exact) mass is 455 g/mol. The maximum atomic E-state index is 12.6. The summed E-state index contributed by atoms with van der Waals surface area (Å²) in [4.78, 5) is 48.7. The number of amides is 3. The Labute approximate surface area is 178 Å². The van der Waals surface area contributed by atoms with Crippen LogP contribution in [0.5, 0.6) is 0 Å². The van der Waals surface area contributed by atoms with Crippen molar-refractivity contribution in [3.05, 3.63) is 34.2 Å². The van der Waals surface area contributed by atoms with Crippen molar-refractivity contribution in [1.82, 2.24) is 15.5 Å². The third-order valence-electron chi connectivity index (χ3n) is 4.46. The number of alkyl carbamates (subject to hydrolysis) is 1. The van der Waals surface area contributed by atoms with Crippen LogP contribution < -0.4 is 10.6 Å². The van der Waals surface area contributed by atoms with Gasteiger partial charge in [0.05, 0.1) is 23.0 Å². The molecule has 0 bridgehead atoms. The van der Waals surface area contributed by atoms with Crippen molar-refractivity contribution in [3.8, 4) is 0 Å². The van der Waals surface area contributed by atoms with Crippen LogP contribution in [0.4, 0.5) is 4.79 Å². The zero-order valence-corrected chi connectivity index (χ0v) is 17.5. The van der Waals surface area contributed by atoms with Crippen LogP contribution in [0.25, 0.3) is 0 Å². The Morgan fingerprint density at radius 3 is 2.87 bits per heavy atom. The summed E-state index contributed by atoms with van der Waals surface area (Å²) in [6.07, 6.45) is 1.17. The van der Waals surface area contributed by atoms with Gasteiger partial charge in [-0.25, -0.2) is 4.79 Å².